The van der Waals surface area contributed by atoms with E-state index < -0.39 is 0 Å². The molecule has 1 aromatic carbocycles. The molecule has 98 valence electrons. The number of hydrogen-bond donors (Lipinski definition) is 1. The summed E-state index contributed by atoms with van der Waals surface area (Å²) in [5.74, 6) is 0.852. The first-order chi connectivity index (χ1) is 8.56. The minimum atomic E-state index is -0.314. The summed E-state index contributed by atoms with van der Waals surface area (Å²) in [6.45, 7) is 4.44. The lowest BCUT2D eigenvalue weighted by atomic mass is 9.80. The van der Waals surface area contributed by atoms with Crippen molar-refractivity contribution in [3.8, 4) is 0 Å². The fraction of sp³-hybridized carbons (Fsp3) is 0.533. The highest BCUT2D eigenvalue weighted by Crippen LogP contribution is 2.28. The summed E-state index contributed by atoms with van der Waals surface area (Å²) < 4.78 is 12.8. The van der Waals surface area contributed by atoms with Gasteiger partial charge in [-0.05, 0) is 55.4 Å². The molecule has 1 aliphatic carbocycles. The monoisotopic (exact) mass is 249 g/mol. The molecule has 0 spiro atoms. The minimum absolute atomic E-state index is 0.0959. The number of carbonyl (C=O) groups excluding carboxylic acids is 1. The first-order valence-electron chi connectivity index (χ1n) is 6.62. The Morgan fingerprint density at radius 1 is 1.22 bits per heavy atom. The molecule has 2 nitrogen and oxygen atoms in total. The van der Waals surface area contributed by atoms with Crippen LogP contribution in [0.1, 0.15) is 43.5 Å². The zero-order chi connectivity index (χ0) is 13.1. The van der Waals surface area contributed by atoms with Gasteiger partial charge < -0.3 is 5.32 Å². The molecular formula is C15H20FNO. The van der Waals surface area contributed by atoms with Gasteiger partial charge in [-0.15, -0.1) is 0 Å². The Kier molecular flexibility index (Phi) is 4.00. The fourth-order valence-corrected chi connectivity index (χ4v) is 2.73. The number of benzene rings is 1. The van der Waals surface area contributed by atoms with Crippen LogP contribution >= 0.6 is 0 Å². The largest absolute Gasteiger partial charge is 0.349 e. The summed E-state index contributed by atoms with van der Waals surface area (Å²) in [6.07, 6.45) is 3.36. The second kappa shape index (κ2) is 5.51. The fourth-order valence-electron chi connectivity index (χ4n) is 2.73. The van der Waals surface area contributed by atoms with E-state index in [1.165, 1.54) is 30.7 Å². The van der Waals surface area contributed by atoms with Gasteiger partial charge in [0.05, 0.1) is 0 Å². The van der Waals surface area contributed by atoms with Crippen LogP contribution in [0.4, 0.5) is 4.39 Å². The average Bonchev–Trinajstić information content (AvgIpc) is 2.33. The molecule has 0 bridgehead atoms. The smallest absolute Gasteiger partial charge is 0.251 e. The van der Waals surface area contributed by atoms with E-state index in [0.29, 0.717) is 11.5 Å². The lowest BCUT2D eigenvalue weighted by molar-refractivity contribution is 0.0899. The van der Waals surface area contributed by atoms with Crippen LogP contribution in [0, 0.1) is 17.7 Å². The van der Waals surface area contributed by atoms with Crippen molar-refractivity contribution in [2.45, 2.75) is 39.2 Å². The minimum Gasteiger partial charge on any atom is -0.349 e. The Morgan fingerprint density at radius 3 is 2.50 bits per heavy atom. The standard InChI is InChI=1S/C15H20FNO/c1-10-3-8-14(11(2)9-10)17-15(18)12-4-6-13(16)7-5-12/h4-7,10-11,14H,3,8-9H2,1-2H3,(H,17,18). The maximum Gasteiger partial charge on any atom is 0.251 e. The van der Waals surface area contributed by atoms with Crippen molar-refractivity contribution < 1.29 is 9.18 Å². The van der Waals surface area contributed by atoms with E-state index in [-0.39, 0.29) is 17.8 Å². The molecule has 1 amide bonds. The van der Waals surface area contributed by atoms with Crippen LogP contribution < -0.4 is 5.32 Å². The van der Waals surface area contributed by atoms with Gasteiger partial charge in [-0.25, -0.2) is 4.39 Å². The van der Waals surface area contributed by atoms with Crippen molar-refractivity contribution in [2.24, 2.45) is 11.8 Å². The van der Waals surface area contributed by atoms with Crippen molar-refractivity contribution in [1.82, 2.24) is 5.32 Å². The van der Waals surface area contributed by atoms with Gasteiger partial charge in [0.1, 0.15) is 5.82 Å². The van der Waals surface area contributed by atoms with Crippen LogP contribution in [-0.4, -0.2) is 11.9 Å². The van der Waals surface area contributed by atoms with Gasteiger partial charge in [-0.2, -0.15) is 0 Å². The lowest BCUT2D eigenvalue weighted by Gasteiger charge is -2.33. The predicted octanol–water partition coefficient (Wildman–Crippen LogP) is 3.38. The molecule has 0 radical (unpaired) electrons. The van der Waals surface area contributed by atoms with Gasteiger partial charge in [0, 0.05) is 11.6 Å². The van der Waals surface area contributed by atoms with Gasteiger partial charge in [-0.3, -0.25) is 4.79 Å². The topological polar surface area (TPSA) is 29.1 Å². The van der Waals surface area contributed by atoms with Gasteiger partial charge in [-0.1, -0.05) is 13.8 Å². The molecule has 18 heavy (non-hydrogen) atoms. The third-order valence-corrected chi connectivity index (χ3v) is 3.85. The second-order valence-electron chi connectivity index (χ2n) is 5.48. The van der Waals surface area contributed by atoms with Crippen molar-refractivity contribution >= 4 is 5.91 Å². The molecule has 1 aliphatic rings. The number of nitrogens with one attached hydrogen (secondary N) is 1. The van der Waals surface area contributed by atoms with Crippen molar-refractivity contribution in [3.63, 3.8) is 0 Å². The quantitative estimate of drug-likeness (QED) is 0.855. The Bertz CT molecular complexity index is 415. The first-order valence-corrected chi connectivity index (χ1v) is 6.62. The second-order valence-corrected chi connectivity index (χ2v) is 5.48. The van der Waals surface area contributed by atoms with Crippen LogP contribution in [-0.2, 0) is 0 Å². The molecule has 1 fully saturated rings. The van der Waals surface area contributed by atoms with Crippen molar-refractivity contribution in [2.75, 3.05) is 0 Å². The van der Waals surface area contributed by atoms with E-state index in [1.807, 2.05) is 0 Å². The molecule has 0 aromatic heterocycles. The van der Waals surface area contributed by atoms with Crippen LogP contribution in [0.25, 0.3) is 0 Å². The normalized spacial score (nSPS) is 27.8. The number of amides is 1. The first kappa shape index (κ1) is 13.1. The van der Waals surface area contributed by atoms with Gasteiger partial charge in [0.15, 0.2) is 0 Å². The van der Waals surface area contributed by atoms with E-state index in [0.717, 1.165) is 18.8 Å². The number of carbonyl (C=O) groups is 1. The zero-order valence-corrected chi connectivity index (χ0v) is 10.9. The van der Waals surface area contributed by atoms with Crippen LogP contribution in [0.3, 0.4) is 0 Å². The highest BCUT2D eigenvalue weighted by atomic mass is 19.1. The molecule has 3 atom stereocenters. The summed E-state index contributed by atoms with van der Waals surface area (Å²) in [6, 6.07) is 5.95. The molecule has 0 heterocycles. The van der Waals surface area contributed by atoms with E-state index in [4.69, 9.17) is 0 Å². The number of rotatable bonds is 2. The highest BCUT2D eigenvalue weighted by molar-refractivity contribution is 5.94. The molecule has 1 aromatic rings. The van der Waals surface area contributed by atoms with E-state index in [2.05, 4.69) is 19.2 Å². The molecule has 3 heteroatoms. The molecule has 0 aliphatic heterocycles. The van der Waals surface area contributed by atoms with Crippen LogP contribution in [0.5, 0.6) is 0 Å². The van der Waals surface area contributed by atoms with Gasteiger partial charge in [0.25, 0.3) is 5.91 Å². The van der Waals surface area contributed by atoms with E-state index in [9.17, 15) is 9.18 Å². The van der Waals surface area contributed by atoms with E-state index >= 15 is 0 Å². The van der Waals surface area contributed by atoms with Gasteiger partial charge in [0.2, 0.25) is 0 Å². The Balaban J connectivity index is 1.97. The summed E-state index contributed by atoms with van der Waals surface area (Å²) in [7, 11) is 0. The van der Waals surface area contributed by atoms with Crippen molar-refractivity contribution in [3.05, 3.63) is 35.6 Å². The van der Waals surface area contributed by atoms with Crippen LogP contribution in [0.15, 0.2) is 24.3 Å². The zero-order valence-electron chi connectivity index (χ0n) is 10.9. The summed E-state index contributed by atoms with van der Waals surface area (Å²) in [5, 5.41) is 3.06. The maximum atomic E-state index is 12.8. The number of hydrogen-bond acceptors (Lipinski definition) is 1. The van der Waals surface area contributed by atoms with Crippen LogP contribution in [0.2, 0.25) is 0 Å². The van der Waals surface area contributed by atoms with Gasteiger partial charge >= 0.3 is 0 Å². The Morgan fingerprint density at radius 2 is 1.89 bits per heavy atom. The summed E-state index contributed by atoms with van der Waals surface area (Å²) in [5.41, 5.74) is 0.530. The maximum absolute atomic E-state index is 12.8. The highest BCUT2D eigenvalue weighted by Gasteiger charge is 2.26. The summed E-state index contributed by atoms with van der Waals surface area (Å²) in [4.78, 5) is 12.0. The predicted molar refractivity (Wildman–Crippen MR) is 69.8 cm³/mol. The molecule has 1 N–H and O–H groups in total. The Hall–Kier alpha value is -1.38. The third kappa shape index (κ3) is 3.09. The molecule has 3 unspecified atom stereocenters. The number of halogens is 1. The average molecular weight is 249 g/mol. The Labute approximate surface area is 108 Å². The molecular weight excluding hydrogens is 229 g/mol. The third-order valence-electron chi connectivity index (χ3n) is 3.85. The molecule has 2 rings (SSSR count). The lowest BCUT2D eigenvalue weighted by Crippen LogP contribution is -2.42. The molecule has 1 saturated carbocycles. The van der Waals surface area contributed by atoms with Crippen molar-refractivity contribution in [1.29, 1.82) is 0 Å². The SMILES string of the molecule is CC1CCC(NC(=O)c2ccc(F)cc2)C(C)C1. The summed E-state index contributed by atoms with van der Waals surface area (Å²) >= 11 is 0. The van der Waals surface area contributed by atoms with E-state index in [1.54, 1.807) is 0 Å². The molecule has 0 saturated heterocycles.